The summed E-state index contributed by atoms with van der Waals surface area (Å²) < 4.78 is 0. The first-order valence-electron chi connectivity index (χ1n) is 7.75. The number of ketones is 1. The summed E-state index contributed by atoms with van der Waals surface area (Å²) in [5.41, 5.74) is 3.49. The molecule has 1 aromatic carbocycles. The summed E-state index contributed by atoms with van der Waals surface area (Å²) in [6.07, 6.45) is 9.52. The molecule has 1 aliphatic carbocycles. The van der Waals surface area contributed by atoms with Gasteiger partial charge in [0, 0.05) is 23.7 Å². The molecule has 0 aromatic heterocycles. The Morgan fingerprint density at radius 2 is 1.84 bits per heavy atom. The third kappa shape index (κ3) is 2.83. The molecule has 1 fully saturated rings. The number of hydrogen-bond donors (Lipinski definition) is 1. The number of Topliss-reactive ketones (excluding diaryl/α,β-unsaturated/α-hetero) is 1. The third-order valence-corrected chi connectivity index (χ3v) is 4.55. The number of nitrogens with one attached hydrogen (secondary N) is 1. The Bertz CT molecular complexity index is 458. The highest BCUT2D eigenvalue weighted by Crippen LogP contribution is 2.28. The van der Waals surface area contributed by atoms with Gasteiger partial charge in [0.25, 0.3) is 0 Å². The van der Waals surface area contributed by atoms with Crippen molar-refractivity contribution in [1.82, 2.24) is 0 Å². The molecule has 1 saturated carbocycles. The monoisotopic (exact) mass is 257 g/mol. The van der Waals surface area contributed by atoms with Gasteiger partial charge in [-0.1, -0.05) is 25.7 Å². The van der Waals surface area contributed by atoms with E-state index in [1.54, 1.807) is 0 Å². The standard InChI is InChI=1S/C17H23NO/c19-17(13-6-3-1-2-4-7-13)15-9-10-16-14(12-15)8-5-11-18-16/h9-10,12-13,18H,1-8,11H2. The first-order chi connectivity index (χ1) is 9.34. The van der Waals surface area contributed by atoms with E-state index in [1.165, 1.54) is 43.4 Å². The molecule has 2 heteroatoms. The van der Waals surface area contributed by atoms with Crippen LogP contribution in [0.3, 0.4) is 0 Å². The van der Waals surface area contributed by atoms with Gasteiger partial charge in [0.1, 0.15) is 0 Å². The molecule has 19 heavy (non-hydrogen) atoms. The summed E-state index contributed by atoms with van der Waals surface area (Å²) >= 11 is 0. The van der Waals surface area contributed by atoms with Crippen molar-refractivity contribution in [2.45, 2.75) is 51.4 Å². The summed E-state index contributed by atoms with van der Waals surface area (Å²) in [5, 5.41) is 3.41. The average Bonchev–Trinajstić information content (AvgIpc) is 2.75. The second kappa shape index (κ2) is 5.77. The zero-order chi connectivity index (χ0) is 13.1. The summed E-state index contributed by atoms with van der Waals surface area (Å²) in [6, 6.07) is 6.25. The summed E-state index contributed by atoms with van der Waals surface area (Å²) in [6.45, 7) is 1.06. The maximum atomic E-state index is 12.6. The van der Waals surface area contributed by atoms with E-state index in [1.807, 2.05) is 6.07 Å². The zero-order valence-electron chi connectivity index (χ0n) is 11.6. The zero-order valence-corrected chi connectivity index (χ0v) is 11.6. The van der Waals surface area contributed by atoms with Crippen LogP contribution in [0.1, 0.15) is 60.9 Å². The molecule has 1 aliphatic heterocycles. The lowest BCUT2D eigenvalue weighted by atomic mass is 9.89. The van der Waals surface area contributed by atoms with Gasteiger partial charge in [-0.2, -0.15) is 0 Å². The van der Waals surface area contributed by atoms with Crippen LogP contribution in [0.2, 0.25) is 0 Å². The molecule has 0 atom stereocenters. The smallest absolute Gasteiger partial charge is 0.165 e. The molecule has 1 heterocycles. The van der Waals surface area contributed by atoms with Gasteiger partial charge < -0.3 is 5.32 Å². The van der Waals surface area contributed by atoms with Gasteiger partial charge >= 0.3 is 0 Å². The minimum absolute atomic E-state index is 0.275. The molecule has 0 saturated heterocycles. The molecule has 102 valence electrons. The lowest BCUT2D eigenvalue weighted by molar-refractivity contribution is 0.0908. The molecule has 0 bridgehead atoms. The number of anilines is 1. The van der Waals surface area contributed by atoms with Crippen LogP contribution in [0.5, 0.6) is 0 Å². The number of rotatable bonds is 2. The minimum Gasteiger partial charge on any atom is -0.385 e. The molecule has 2 nitrogen and oxygen atoms in total. The van der Waals surface area contributed by atoms with Crippen molar-refractivity contribution < 1.29 is 4.79 Å². The number of benzene rings is 1. The maximum Gasteiger partial charge on any atom is 0.165 e. The lowest BCUT2D eigenvalue weighted by Crippen LogP contribution is -2.16. The van der Waals surface area contributed by atoms with Gasteiger partial charge in [0.05, 0.1) is 0 Å². The van der Waals surface area contributed by atoms with Crippen molar-refractivity contribution in [3.8, 4) is 0 Å². The molecule has 1 aromatic rings. The Morgan fingerprint density at radius 3 is 2.63 bits per heavy atom. The summed E-state index contributed by atoms with van der Waals surface area (Å²) in [4.78, 5) is 12.6. The van der Waals surface area contributed by atoms with E-state index in [0.717, 1.165) is 31.4 Å². The quantitative estimate of drug-likeness (QED) is 0.635. The molecule has 0 spiro atoms. The number of aryl methyl sites for hydroxylation is 1. The van der Waals surface area contributed by atoms with Crippen molar-refractivity contribution in [2.24, 2.45) is 5.92 Å². The van der Waals surface area contributed by atoms with Gasteiger partial charge in [-0.15, -0.1) is 0 Å². The first kappa shape index (κ1) is 12.7. The Kier molecular flexibility index (Phi) is 3.86. The van der Waals surface area contributed by atoms with Gasteiger partial charge in [-0.3, -0.25) is 4.79 Å². The Morgan fingerprint density at radius 1 is 1.05 bits per heavy atom. The van der Waals surface area contributed by atoms with E-state index in [-0.39, 0.29) is 5.92 Å². The largest absolute Gasteiger partial charge is 0.385 e. The highest BCUT2D eigenvalue weighted by atomic mass is 16.1. The van der Waals surface area contributed by atoms with Crippen LogP contribution in [0.4, 0.5) is 5.69 Å². The molecular weight excluding hydrogens is 234 g/mol. The first-order valence-corrected chi connectivity index (χ1v) is 7.75. The Balaban J connectivity index is 1.78. The predicted molar refractivity (Wildman–Crippen MR) is 78.8 cm³/mol. The highest BCUT2D eigenvalue weighted by molar-refractivity contribution is 5.98. The molecule has 3 rings (SSSR count). The molecule has 1 N–H and O–H groups in total. The normalized spacial score (nSPS) is 20.2. The number of hydrogen-bond acceptors (Lipinski definition) is 2. The lowest BCUT2D eigenvalue weighted by Gasteiger charge is -2.19. The maximum absolute atomic E-state index is 12.6. The van der Waals surface area contributed by atoms with Crippen molar-refractivity contribution in [2.75, 3.05) is 11.9 Å². The topological polar surface area (TPSA) is 29.1 Å². The molecule has 2 aliphatic rings. The Labute approximate surface area is 115 Å². The van der Waals surface area contributed by atoms with Crippen molar-refractivity contribution in [3.63, 3.8) is 0 Å². The van der Waals surface area contributed by atoms with Gasteiger partial charge in [0.15, 0.2) is 5.78 Å². The van der Waals surface area contributed by atoms with Crippen LogP contribution in [-0.2, 0) is 6.42 Å². The molecular formula is C17H23NO. The predicted octanol–water partition coefficient (Wildman–Crippen LogP) is 4.20. The van der Waals surface area contributed by atoms with Gasteiger partial charge in [-0.05, 0) is 49.4 Å². The SMILES string of the molecule is O=C(c1ccc2c(c1)CCCN2)C1CCCCCC1. The van der Waals surface area contributed by atoms with Crippen LogP contribution in [0.25, 0.3) is 0 Å². The van der Waals surface area contributed by atoms with Crippen LogP contribution in [0.15, 0.2) is 18.2 Å². The van der Waals surface area contributed by atoms with E-state index < -0.39 is 0 Å². The molecule has 0 unspecified atom stereocenters. The second-order valence-corrected chi connectivity index (χ2v) is 5.95. The fraction of sp³-hybridized carbons (Fsp3) is 0.588. The van der Waals surface area contributed by atoms with E-state index in [9.17, 15) is 4.79 Å². The van der Waals surface area contributed by atoms with Crippen molar-refractivity contribution in [3.05, 3.63) is 29.3 Å². The van der Waals surface area contributed by atoms with E-state index in [0.29, 0.717) is 5.78 Å². The molecule has 0 radical (unpaired) electrons. The minimum atomic E-state index is 0.275. The van der Waals surface area contributed by atoms with E-state index >= 15 is 0 Å². The number of fused-ring (bicyclic) bond motifs is 1. The van der Waals surface area contributed by atoms with Gasteiger partial charge in [0.2, 0.25) is 0 Å². The fourth-order valence-corrected chi connectivity index (χ4v) is 3.41. The second-order valence-electron chi connectivity index (χ2n) is 5.95. The summed E-state index contributed by atoms with van der Waals surface area (Å²) in [7, 11) is 0. The van der Waals surface area contributed by atoms with Crippen LogP contribution in [-0.4, -0.2) is 12.3 Å². The number of carbonyl (C=O) groups is 1. The van der Waals surface area contributed by atoms with Crippen molar-refractivity contribution in [1.29, 1.82) is 0 Å². The Hall–Kier alpha value is -1.31. The average molecular weight is 257 g/mol. The van der Waals surface area contributed by atoms with Crippen molar-refractivity contribution >= 4 is 11.5 Å². The van der Waals surface area contributed by atoms with Crippen LogP contribution in [0, 0.1) is 5.92 Å². The van der Waals surface area contributed by atoms with E-state index in [4.69, 9.17) is 0 Å². The van der Waals surface area contributed by atoms with Gasteiger partial charge in [-0.25, -0.2) is 0 Å². The van der Waals surface area contributed by atoms with Crippen LogP contribution < -0.4 is 5.32 Å². The summed E-state index contributed by atoms with van der Waals surface area (Å²) in [5.74, 6) is 0.660. The highest BCUT2D eigenvalue weighted by Gasteiger charge is 2.22. The molecule has 0 amide bonds. The van der Waals surface area contributed by atoms with E-state index in [2.05, 4.69) is 17.4 Å². The van der Waals surface area contributed by atoms with Crippen LogP contribution >= 0.6 is 0 Å². The number of carbonyl (C=O) groups excluding carboxylic acids is 1. The third-order valence-electron chi connectivity index (χ3n) is 4.55. The fourth-order valence-electron chi connectivity index (χ4n) is 3.41.